The van der Waals surface area contributed by atoms with Crippen LogP contribution in [0.5, 0.6) is 0 Å². The highest BCUT2D eigenvalue weighted by Gasteiger charge is 2.12. The van der Waals surface area contributed by atoms with Gasteiger partial charge in [-0.2, -0.15) is 0 Å². The number of carbonyl (C=O) groups is 2. The van der Waals surface area contributed by atoms with Gasteiger partial charge in [0.05, 0.1) is 5.69 Å². The quantitative estimate of drug-likeness (QED) is 0.823. The molecule has 2 aromatic rings. The number of hydrogen-bond donors (Lipinski definition) is 2. The molecule has 0 radical (unpaired) electrons. The summed E-state index contributed by atoms with van der Waals surface area (Å²) in [7, 11) is 0. The molecular formula is C14H13N3O3S. The van der Waals surface area contributed by atoms with Gasteiger partial charge < -0.3 is 10.4 Å². The number of rotatable bonds is 5. The van der Waals surface area contributed by atoms with E-state index in [1.807, 2.05) is 18.2 Å². The molecule has 0 bridgehead atoms. The van der Waals surface area contributed by atoms with Crippen molar-refractivity contribution in [2.75, 3.05) is 0 Å². The topological polar surface area (TPSA) is 92.2 Å². The first kappa shape index (κ1) is 14.9. The number of nitrogens with zero attached hydrogens (tertiary/aromatic N) is 2. The van der Waals surface area contributed by atoms with Crippen LogP contribution in [0.1, 0.15) is 26.5 Å². The van der Waals surface area contributed by atoms with E-state index < -0.39 is 5.97 Å². The van der Waals surface area contributed by atoms with Gasteiger partial charge in [0.1, 0.15) is 4.88 Å². The average Bonchev–Trinajstić information content (AvgIpc) is 2.89. The van der Waals surface area contributed by atoms with Crippen LogP contribution in [0, 0.1) is 6.92 Å². The number of aromatic nitrogens is 2. The van der Waals surface area contributed by atoms with Crippen LogP contribution in [-0.4, -0.2) is 26.6 Å². The van der Waals surface area contributed by atoms with Crippen LogP contribution < -0.4 is 5.32 Å². The van der Waals surface area contributed by atoms with E-state index in [0.717, 1.165) is 28.7 Å². The number of nitrogens with one attached hydrogen (secondary N) is 1. The first-order chi connectivity index (χ1) is 10.1. The Kier molecular flexibility index (Phi) is 4.78. The molecule has 0 unspecified atom stereocenters. The smallest absolute Gasteiger partial charge is 0.328 e. The Labute approximate surface area is 125 Å². The highest BCUT2D eigenvalue weighted by Crippen LogP contribution is 2.10. The van der Waals surface area contributed by atoms with E-state index in [0.29, 0.717) is 17.1 Å². The van der Waals surface area contributed by atoms with Gasteiger partial charge >= 0.3 is 5.97 Å². The zero-order valence-corrected chi connectivity index (χ0v) is 12.1. The fourth-order valence-corrected chi connectivity index (χ4v) is 2.25. The summed E-state index contributed by atoms with van der Waals surface area (Å²) in [6, 6.07) is 7.28. The van der Waals surface area contributed by atoms with Gasteiger partial charge in [-0.05, 0) is 41.7 Å². The highest BCUT2D eigenvalue weighted by atomic mass is 32.1. The summed E-state index contributed by atoms with van der Waals surface area (Å²) in [5, 5.41) is 15.2. The van der Waals surface area contributed by atoms with E-state index in [9.17, 15) is 9.59 Å². The Morgan fingerprint density at radius 3 is 2.90 bits per heavy atom. The van der Waals surface area contributed by atoms with Gasteiger partial charge in [0, 0.05) is 12.6 Å². The molecule has 108 valence electrons. The van der Waals surface area contributed by atoms with Crippen LogP contribution in [0.25, 0.3) is 6.08 Å². The van der Waals surface area contributed by atoms with E-state index >= 15 is 0 Å². The average molecular weight is 303 g/mol. The lowest BCUT2D eigenvalue weighted by Gasteiger charge is -2.05. The first-order valence-corrected chi connectivity index (χ1v) is 6.90. The molecule has 0 saturated heterocycles. The molecule has 1 aromatic carbocycles. The lowest BCUT2D eigenvalue weighted by molar-refractivity contribution is -0.131. The maximum atomic E-state index is 11.9. The molecule has 21 heavy (non-hydrogen) atoms. The number of aryl methyl sites for hydroxylation is 1. The van der Waals surface area contributed by atoms with E-state index in [1.165, 1.54) is 6.08 Å². The van der Waals surface area contributed by atoms with Gasteiger partial charge in [-0.3, -0.25) is 4.79 Å². The van der Waals surface area contributed by atoms with Crippen molar-refractivity contribution in [2.45, 2.75) is 13.5 Å². The Hall–Kier alpha value is -2.54. The van der Waals surface area contributed by atoms with Crippen molar-refractivity contribution in [1.29, 1.82) is 0 Å². The predicted octanol–water partition coefficient (Wildman–Crippen LogP) is 1.87. The second-order valence-electron chi connectivity index (χ2n) is 4.29. The molecule has 1 aromatic heterocycles. The molecule has 0 saturated carbocycles. The standard InChI is InChI=1S/C14H13N3O3S/c1-9-13(21-17-16-9)14(20)15-8-11-4-2-3-10(7-11)5-6-12(18)19/h2-7H,8H2,1H3,(H,15,20)(H,18,19). The molecule has 0 aliphatic carbocycles. The summed E-state index contributed by atoms with van der Waals surface area (Å²) < 4.78 is 3.72. The maximum absolute atomic E-state index is 11.9. The second-order valence-corrected chi connectivity index (χ2v) is 5.04. The van der Waals surface area contributed by atoms with Crippen molar-refractivity contribution >= 4 is 29.5 Å². The van der Waals surface area contributed by atoms with Crippen LogP contribution in [0.15, 0.2) is 30.3 Å². The zero-order valence-electron chi connectivity index (χ0n) is 11.2. The number of carboxylic acid groups (broad SMARTS) is 1. The SMILES string of the molecule is Cc1nnsc1C(=O)NCc1cccc(C=CC(=O)O)c1. The van der Waals surface area contributed by atoms with E-state index in [2.05, 4.69) is 14.9 Å². The number of carboxylic acids is 1. The van der Waals surface area contributed by atoms with Crippen molar-refractivity contribution in [2.24, 2.45) is 0 Å². The minimum atomic E-state index is -0.998. The van der Waals surface area contributed by atoms with Crippen LogP contribution in [0.3, 0.4) is 0 Å². The Morgan fingerprint density at radius 2 is 2.24 bits per heavy atom. The van der Waals surface area contributed by atoms with Crippen LogP contribution in [0.4, 0.5) is 0 Å². The normalized spacial score (nSPS) is 10.7. The van der Waals surface area contributed by atoms with Crippen molar-refractivity contribution in [3.05, 3.63) is 52.0 Å². The third kappa shape index (κ3) is 4.22. The summed E-state index contributed by atoms with van der Waals surface area (Å²) in [4.78, 5) is 22.9. The lowest BCUT2D eigenvalue weighted by Crippen LogP contribution is -2.22. The molecule has 7 heteroatoms. The predicted molar refractivity (Wildman–Crippen MR) is 78.9 cm³/mol. The van der Waals surface area contributed by atoms with Crippen LogP contribution >= 0.6 is 11.5 Å². The van der Waals surface area contributed by atoms with Gasteiger partial charge in [-0.25, -0.2) is 4.79 Å². The number of carbonyl (C=O) groups excluding carboxylic acids is 1. The van der Waals surface area contributed by atoms with E-state index in [4.69, 9.17) is 5.11 Å². The molecule has 0 aliphatic heterocycles. The van der Waals surface area contributed by atoms with Gasteiger partial charge in [0.2, 0.25) is 0 Å². The van der Waals surface area contributed by atoms with Crippen molar-refractivity contribution in [1.82, 2.24) is 14.9 Å². The summed E-state index contributed by atoms with van der Waals surface area (Å²) in [6.45, 7) is 2.08. The molecule has 0 atom stereocenters. The summed E-state index contributed by atoms with van der Waals surface area (Å²) in [5.74, 6) is -1.21. The summed E-state index contributed by atoms with van der Waals surface area (Å²) in [6.07, 6.45) is 2.58. The lowest BCUT2D eigenvalue weighted by atomic mass is 10.1. The van der Waals surface area contributed by atoms with Gasteiger partial charge in [0.15, 0.2) is 0 Å². The van der Waals surface area contributed by atoms with Gasteiger partial charge in [-0.15, -0.1) is 5.10 Å². The van der Waals surface area contributed by atoms with Crippen molar-refractivity contribution in [3.63, 3.8) is 0 Å². The van der Waals surface area contributed by atoms with Crippen LogP contribution in [-0.2, 0) is 11.3 Å². The molecule has 6 nitrogen and oxygen atoms in total. The second kappa shape index (κ2) is 6.76. The fourth-order valence-electron chi connectivity index (χ4n) is 1.68. The Morgan fingerprint density at radius 1 is 1.43 bits per heavy atom. The zero-order chi connectivity index (χ0) is 15.2. The minimum Gasteiger partial charge on any atom is -0.478 e. The third-order valence-corrected chi connectivity index (χ3v) is 3.51. The summed E-state index contributed by atoms with van der Waals surface area (Å²) >= 11 is 1.06. The number of amides is 1. The molecule has 2 N–H and O–H groups in total. The monoisotopic (exact) mass is 303 g/mol. The van der Waals surface area contributed by atoms with Crippen molar-refractivity contribution < 1.29 is 14.7 Å². The summed E-state index contributed by atoms with van der Waals surface area (Å²) in [5.41, 5.74) is 2.25. The number of hydrogen-bond acceptors (Lipinski definition) is 5. The molecule has 1 heterocycles. The van der Waals surface area contributed by atoms with E-state index in [-0.39, 0.29) is 5.91 Å². The first-order valence-electron chi connectivity index (χ1n) is 6.13. The fraction of sp³-hybridized carbons (Fsp3) is 0.143. The molecule has 2 rings (SSSR count). The third-order valence-electron chi connectivity index (χ3n) is 2.68. The maximum Gasteiger partial charge on any atom is 0.328 e. The Bertz CT molecular complexity index is 694. The number of aliphatic carboxylic acids is 1. The minimum absolute atomic E-state index is 0.214. The molecule has 0 fully saturated rings. The highest BCUT2D eigenvalue weighted by molar-refractivity contribution is 7.07. The number of benzene rings is 1. The Balaban J connectivity index is 2.00. The largest absolute Gasteiger partial charge is 0.478 e. The van der Waals surface area contributed by atoms with E-state index in [1.54, 1.807) is 13.0 Å². The molecular weight excluding hydrogens is 290 g/mol. The van der Waals surface area contributed by atoms with Gasteiger partial charge in [0.25, 0.3) is 5.91 Å². The molecule has 1 amide bonds. The van der Waals surface area contributed by atoms with Crippen molar-refractivity contribution in [3.8, 4) is 0 Å². The van der Waals surface area contributed by atoms with Gasteiger partial charge in [-0.1, -0.05) is 22.7 Å². The molecule has 0 spiro atoms. The molecule has 0 aliphatic rings. The van der Waals surface area contributed by atoms with Crippen LogP contribution in [0.2, 0.25) is 0 Å².